The predicted octanol–water partition coefficient (Wildman–Crippen LogP) is 4.88. The maximum Gasteiger partial charge on any atom is 0.291 e. The summed E-state index contributed by atoms with van der Waals surface area (Å²) in [6.07, 6.45) is 3.76. The van der Waals surface area contributed by atoms with Gasteiger partial charge in [-0.3, -0.25) is 4.79 Å². The fourth-order valence-corrected chi connectivity index (χ4v) is 4.90. The molecular weight excluding hydrogens is 494 g/mol. The number of halogens is 1. The Morgan fingerprint density at radius 2 is 1.64 bits per heavy atom. The standard InChI is InChI=1S/C27H18ClN5O2S/c1-35-22-13-9-17(10-14-22)24-19(16-32(30-24)21-5-3-2-4-6-21)15-23-26(34)33-27(36-23)29-25(31-33)18-7-11-20(28)12-8-18/h2-16H,1H3. The lowest BCUT2D eigenvalue weighted by molar-refractivity contribution is 0.415. The van der Waals surface area contributed by atoms with Gasteiger partial charge < -0.3 is 4.74 Å². The molecule has 3 heterocycles. The summed E-state index contributed by atoms with van der Waals surface area (Å²) in [4.78, 5) is 18.3. The van der Waals surface area contributed by atoms with E-state index >= 15 is 0 Å². The van der Waals surface area contributed by atoms with E-state index in [0.29, 0.717) is 20.3 Å². The number of thiazole rings is 1. The van der Waals surface area contributed by atoms with Crippen LogP contribution in [0.4, 0.5) is 0 Å². The Balaban J connectivity index is 1.47. The molecule has 0 aliphatic carbocycles. The zero-order valence-electron chi connectivity index (χ0n) is 19.0. The Kier molecular flexibility index (Phi) is 5.59. The van der Waals surface area contributed by atoms with E-state index in [2.05, 4.69) is 10.1 Å². The van der Waals surface area contributed by atoms with Crippen molar-refractivity contribution in [3.8, 4) is 34.1 Å². The summed E-state index contributed by atoms with van der Waals surface area (Å²) in [5.41, 5.74) is 3.96. The van der Waals surface area contributed by atoms with E-state index in [0.717, 1.165) is 33.8 Å². The van der Waals surface area contributed by atoms with Gasteiger partial charge in [0.25, 0.3) is 5.56 Å². The Labute approximate surface area is 214 Å². The highest BCUT2D eigenvalue weighted by Gasteiger charge is 2.15. The Morgan fingerprint density at radius 1 is 0.917 bits per heavy atom. The van der Waals surface area contributed by atoms with Gasteiger partial charge in [-0.2, -0.15) is 14.6 Å². The highest BCUT2D eigenvalue weighted by atomic mass is 35.5. The normalized spacial score (nSPS) is 11.9. The first kappa shape index (κ1) is 22.2. The van der Waals surface area contributed by atoms with Crippen molar-refractivity contribution in [2.24, 2.45) is 0 Å². The van der Waals surface area contributed by atoms with Crippen LogP contribution in [-0.4, -0.2) is 31.5 Å². The minimum Gasteiger partial charge on any atom is -0.497 e. The summed E-state index contributed by atoms with van der Waals surface area (Å²) >= 11 is 7.27. The molecule has 0 N–H and O–H groups in total. The van der Waals surface area contributed by atoms with E-state index in [9.17, 15) is 4.79 Å². The molecule has 3 aromatic heterocycles. The van der Waals surface area contributed by atoms with Crippen LogP contribution in [0.5, 0.6) is 5.75 Å². The van der Waals surface area contributed by atoms with E-state index in [1.807, 2.05) is 83.7 Å². The average molecular weight is 512 g/mol. The van der Waals surface area contributed by atoms with E-state index in [1.165, 1.54) is 15.9 Å². The molecule has 0 amide bonds. The summed E-state index contributed by atoms with van der Waals surface area (Å²) in [5.74, 6) is 1.24. The van der Waals surface area contributed by atoms with Gasteiger partial charge in [0.05, 0.1) is 17.3 Å². The number of nitrogens with zero attached hydrogens (tertiary/aromatic N) is 5. The molecule has 0 unspecified atom stereocenters. The Bertz CT molecular complexity index is 1790. The summed E-state index contributed by atoms with van der Waals surface area (Å²) in [7, 11) is 1.63. The van der Waals surface area contributed by atoms with Gasteiger partial charge in [-0.05, 0) is 66.7 Å². The Hall–Kier alpha value is -4.27. The minimum absolute atomic E-state index is 0.226. The number of rotatable bonds is 5. The van der Waals surface area contributed by atoms with Gasteiger partial charge >= 0.3 is 0 Å². The van der Waals surface area contributed by atoms with Crippen LogP contribution in [-0.2, 0) is 0 Å². The van der Waals surface area contributed by atoms with Crippen LogP contribution >= 0.6 is 22.9 Å². The molecule has 0 bridgehead atoms. The van der Waals surface area contributed by atoms with Gasteiger partial charge in [0.2, 0.25) is 4.96 Å². The van der Waals surface area contributed by atoms with Crippen molar-refractivity contribution in [2.75, 3.05) is 7.11 Å². The van der Waals surface area contributed by atoms with Crippen molar-refractivity contribution in [3.05, 3.63) is 111 Å². The topological polar surface area (TPSA) is 74.3 Å². The molecule has 36 heavy (non-hydrogen) atoms. The van der Waals surface area contributed by atoms with Crippen molar-refractivity contribution < 1.29 is 4.74 Å². The molecule has 0 spiro atoms. The number of aromatic nitrogens is 5. The molecule has 0 aliphatic rings. The quantitative estimate of drug-likeness (QED) is 0.330. The summed E-state index contributed by atoms with van der Waals surface area (Å²) in [6, 6.07) is 24.7. The highest BCUT2D eigenvalue weighted by molar-refractivity contribution is 7.15. The molecule has 0 fully saturated rings. The smallest absolute Gasteiger partial charge is 0.291 e. The van der Waals surface area contributed by atoms with Crippen molar-refractivity contribution >= 4 is 34.0 Å². The van der Waals surface area contributed by atoms with E-state index in [4.69, 9.17) is 21.4 Å². The van der Waals surface area contributed by atoms with Crippen LogP contribution in [0, 0.1) is 0 Å². The van der Waals surface area contributed by atoms with Crippen molar-refractivity contribution in [1.29, 1.82) is 0 Å². The molecule has 0 radical (unpaired) electrons. The monoisotopic (exact) mass is 511 g/mol. The van der Waals surface area contributed by atoms with Gasteiger partial charge in [0.15, 0.2) is 5.82 Å². The molecular formula is C27H18ClN5O2S. The third kappa shape index (κ3) is 4.06. The summed E-state index contributed by atoms with van der Waals surface area (Å²) < 4.78 is 8.97. The molecule has 0 saturated carbocycles. The number of hydrogen-bond acceptors (Lipinski definition) is 6. The molecule has 0 saturated heterocycles. The van der Waals surface area contributed by atoms with Crippen LogP contribution in [0.3, 0.4) is 0 Å². The molecule has 3 aromatic carbocycles. The van der Waals surface area contributed by atoms with Crippen molar-refractivity contribution in [1.82, 2.24) is 24.4 Å². The fraction of sp³-hybridized carbons (Fsp3) is 0.0370. The molecule has 0 aliphatic heterocycles. The minimum atomic E-state index is -0.226. The number of ether oxygens (including phenoxy) is 1. The maximum absolute atomic E-state index is 13.2. The van der Waals surface area contributed by atoms with Gasteiger partial charge in [0, 0.05) is 27.9 Å². The van der Waals surface area contributed by atoms with Crippen LogP contribution in [0.1, 0.15) is 5.56 Å². The molecule has 7 nitrogen and oxygen atoms in total. The maximum atomic E-state index is 13.2. The lowest BCUT2D eigenvalue weighted by Gasteiger charge is -2.02. The van der Waals surface area contributed by atoms with Gasteiger partial charge in [-0.1, -0.05) is 41.1 Å². The van der Waals surface area contributed by atoms with Gasteiger partial charge in [-0.25, -0.2) is 4.68 Å². The van der Waals surface area contributed by atoms with Crippen molar-refractivity contribution in [2.45, 2.75) is 0 Å². The third-order valence-corrected chi connectivity index (χ3v) is 6.91. The van der Waals surface area contributed by atoms with E-state index in [1.54, 1.807) is 19.2 Å². The van der Waals surface area contributed by atoms with Crippen LogP contribution in [0.15, 0.2) is 89.9 Å². The zero-order valence-corrected chi connectivity index (χ0v) is 20.6. The van der Waals surface area contributed by atoms with Crippen LogP contribution in [0.25, 0.3) is 39.4 Å². The second kappa shape index (κ2) is 9.07. The fourth-order valence-electron chi connectivity index (χ4n) is 3.88. The van der Waals surface area contributed by atoms with Crippen LogP contribution < -0.4 is 14.8 Å². The lowest BCUT2D eigenvalue weighted by Crippen LogP contribution is -2.23. The molecule has 6 rings (SSSR count). The SMILES string of the molecule is COc1ccc(-c2nn(-c3ccccc3)cc2C=c2sc3nc(-c4ccc(Cl)cc4)nn3c2=O)cc1. The molecule has 6 aromatic rings. The second-order valence-corrected chi connectivity index (χ2v) is 9.44. The Morgan fingerprint density at radius 3 is 2.33 bits per heavy atom. The highest BCUT2D eigenvalue weighted by Crippen LogP contribution is 2.26. The predicted molar refractivity (Wildman–Crippen MR) is 142 cm³/mol. The van der Waals surface area contributed by atoms with Crippen LogP contribution in [0.2, 0.25) is 5.02 Å². The average Bonchev–Trinajstić information content (AvgIpc) is 3.60. The van der Waals surface area contributed by atoms with Crippen molar-refractivity contribution in [3.63, 3.8) is 0 Å². The van der Waals surface area contributed by atoms with Gasteiger partial charge in [-0.15, -0.1) is 5.10 Å². The number of hydrogen-bond donors (Lipinski definition) is 0. The lowest BCUT2D eigenvalue weighted by atomic mass is 10.1. The largest absolute Gasteiger partial charge is 0.497 e. The van der Waals surface area contributed by atoms with Gasteiger partial charge in [0.1, 0.15) is 11.4 Å². The third-order valence-electron chi connectivity index (χ3n) is 5.70. The summed E-state index contributed by atoms with van der Waals surface area (Å²) in [5, 5.41) is 9.89. The first-order valence-electron chi connectivity index (χ1n) is 11.1. The van der Waals surface area contributed by atoms with E-state index < -0.39 is 0 Å². The number of benzene rings is 3. The second-order valence-electron chi connectivity index (χ2n) is 7.99. The zero-order chi connectivity index (χ0) is 24.6. The molecule has 9 heteroatoms. The summed E-state index contributed by atoms with van der Waals surface area (Å²) in [6.45, 7) is 0. The molecule has 176 valence electrons. The first-order valence-corrected chi connectivity index (χ1v) is 12.3. The number of para-hydroxylation sites is 1. The van der Waals surface area contributed by atoms with E-state index in [-0.39, 0.29) is 5.56 Å². The molecule has 0 atom stereocenters. The number of fused-ring (bicyclic) bond motifs is 1. The number of methoxy groups -OCH3 is 1. The first-order chi connectivity index (χ1) is 17.6.